The van der Waals surface area contributed by atoms with Gasteiger partial charge in [0.2, 0.25) is 0 Å². The van der Waals surface area contributed by atoms with Crippen LogP contribution >= 0.6 is 0 Å². The van der Waals surface area contributed by atoms with Gasteiger partial charge in [-0.25, -0.2) is 0 Å². The van der Waals surface area contributed by atoms with Crippen molar-refractivity contribution in [2.75, 3.05) is 6.61 Å². The van der Waals surface area contributed by atoms with E-state index >= 15 is 0 Å². The van der Waals surface area contributed by atoms with Gasteiger partial charge in [0.1, 0.15) is 5.78 Å². The Labute approximate surface area is 137 Å². The molecule has 0 saturated heterocycles. The van der Waals surface area contributed by atoms with Crippen LogP contribution in [0.5, 0.6) is 0 Å². The minimum absolute atomic E-state index is 0.0570. The lowest BCUT2D eigenvalue weighted by Gasteiger charge is -2.36. The van der Waals surface area contributed by atoms with Gasteiger partial charge in [-0.15, -0.1) is 0 Å². The number of allylic oxidation sites excluding steroid dienone is 2. The van der Waals surface area contributed by atoms with Crippen molar-refractivity contribution in [3.63, 3.8) is 0 Å². The molecule has 0 aromatic carbocycles. The number of ketones is 2. The quantitative estimate of drug-likeness (QED) is 0.325. The van der Waals surface area contributed by atoms with Gasteiger partial charge < -0.3 is 4.43 Å². The summed E-state index contributed by atoms with van der Waals surface area (Å²) in [6.45, 7) is 15.3. The second-order valence-corrected chi connectivity index (χ2v) is 12.5. The molecular weight excluding hydrogens is 292 g/mol. The molecule has 0 spiro atoms. The van der Waals surface area contributed by atoms with Gasteiger partial charge >= 0.3 is 0 Å². The lowest BCUT2D eigenvalue weighted by molar-refractivity contribution is -0.122. The van der Waals surface area contributed by atoms with E-state index in [0.717, 1.165) is 19.3 Å². The van der Waals surface area contributed by atoms with E-state index in [1.165, 1.54) is 6.92 Å². The fourth-order valence-electron chi connectivity index (χ4n) is 1.76. The number of hydrogen-bond acceptors (Lipinski definition) is 3. The highest BCUT2D eigenvalue weighted by Gasteiger charge is 2.37. The summed E-state index contributed by atoms with van der Waals surface area (Å²) in [5.74, 6) is 0.416. The van der Waals surface area contributed by atoms with Gasteiger partial charge in [-0.1, -0.05) is 33.8 Å². The van der Waals surface area contributed by atoms with Crippen LogP contribution in [0.15, 0.2) is 12.2 Å². The summed E-state index contributed by atoms with van der Waals surface area (Å²) in [4.78, 5) is 22.8. The molecule has 4 heteroatoms. The van der Waals surface area contributed by atoms with E-state index in [2.05, 4.69) is 33.9 Å². The molecule has 0 bridgehead atoms. The Morgan fingerprint density at radius 2 is 1.82 bits per heavy atom. The Balaban J connectivity index is 4.00. The van der Waals surface area contributed by atoms with Crippen molar-refractivity contribution in [2.45, 2.75) is 78.4 Å². The molecule has 0 N–H and O–H groups in total. The van der Waals surface area contributed by atoms with Crippen molar-refractivity contribution in [3.05, 3.63) is 12.2 Å². The average molecular weight is 327 g/mol. The number of unbranched alkanes of at least 4 members (excludes halogenated alkanes) is 1. The minimum Gasteiger partial charge on any atom is -0.417 e. The number of carbonyl (C=O) groups excluding carboxylic acids is 2. The highest BCUT2D eigenvalue weighted by atomic mass is 28.4. The molecule has 0 saturated carbocycles. The molecule has 0 fully saturated rings. The third kappa shape index (κ3) is 8.64. The molecule has 3 nitrogen and oxygen atoms in total. The van der Waals surface area contributed by atoms with E-state index in [1.54, 1.807) is 6.08 Å². The molecule has 1 atom stereocenters. The van der Waals surface area contributed by atoms with E-state index < -0.39 is 8.32 Å². The Kier molecular flexibility index (Phi) is 9.09. The van der Waals surface area contributed by atoms with E-state index in [4.69, 9.17) is 4.43 Å². The van der Waals surface area contributed by atoms with Crippen LogP contribution in [-0.4, -0.2) is 26.5 Å². The van der Waals surface area contributed by atoms with Gasteiger partial charge in [-0.2, -0.15) is 0 Å². The van der Waals surface area contributed by atoms with Gasteiger partial charge in [0.05, 0.1) is 0 Å². The summed E-state index contributed by atoms with van der Waals surface area (Å²) in [6.07, 6.45) is 6.41. The third-order valence-corrected chi connectivity index (χ3v) is 9.05. The molecule has 0 aliphatic heterocycles. The standard InChI is InChI=1S/C18H34O3Si/c1-15(13-14-21-22(6,7)18(3,4)5)17(20)12-10-8-9-11-16(2)19/h9,11,15H,8,10,12-14H2,1-7H3/b11-9+. The molecule has 0 rings (SSSR count). The van der Waals surface area contributed by atoms with Gasteiger partial charge in [0.25, 0.3) is 0 Å². The van der Waals surface area contributed by atoms with Gasteiger partial charge in [0.15, 0.2) is 14.1 Å². The summed E-state index contributed by atoms with van der Waals surface area (Å²) in [7, 11) is -1.71. The first-order valence-corrected chi connectivity index (χ1v) is 11.2. The maximum atomic E-state index is 12.1. The SMILES string of the molecule is CC(=O)/C=C/CCCC(=O)C(C)CCO[Si](C)(C)C(C)(C)C. The van der Waals surface area contributed by atoms with Crippen LogP contribution in [-0.2, 0) is 14.0 Å². The van der Waals surface area contributed by atoms with Crippen LogP contribution in [0.3, 0.4) is 0 Å². The van der Waals surface area contributed by atoms with E-state index in [1.807, 2.05) is 13.0 Å². The largest absolute Gasteiger partial charge is 0.417 e. The Morgan fingerprint density at radius 3 is 2.32 bits per heavy atom. The monoisotopic (exact) mass is 326 g/mol. The van der Waals surface area contributed by atoms with Gasteiger partial charge in [0, 0.05) is 18.9 Å². The Morgan fingerprint density at radius 1 is 1.23 bits per heavy atom. The van der Waals surface area contributed by atoms with Crippen molar-refractivity contribution >= 4 is 19.9 Å². The predicted molar refractivity (Wildman–Crippen MR) is 95.6 cm³/mol. The molecule has 0 heterocycles. The third-order valence-electron chi connectivity index (χ3n) is 4.52. The summed E-state index contributed by atoms with van der Waals surface area (Å²) < 4.78 is 6.12. The number of carbonyl (C=O) groups is 2. The van der Waals surface area contributed by atoms with Crippen LogP contribution in [0.4, 0.5) is 0 Å². The summed E-state index contributed by atoms with van der Waals surface area (Å²) in [5, 5.41) is 0.212. The molecule has 0 aromatic rings. The fourth-order valence-corrected chi connectivity index (χ4v) is 2.82. The smallest absolute Gasteiger partial charge is 0.191 e. The second kappa shape index (κ2) is 9.41. The van der Waals surface area contributed by atoms with Crippen molar-refractivity contribution in [2.24, 2.45) is 5.92 Å². The number of rotatable bonds is 10. The molecule has 0 aliphatic carbocycles. The van der Waals surface area contributed by atoms with Crippen molar-refractivity contribution < 1.29 is 14.0 Å². The first kappa shape index (κ1) is 21.3. The second-order valence-electron chi connectivity index (χ2n) is 7.67. The van der Waals surface area contributed by atoms with Crippen molar-refractivity contribution in [3.8, 4) is 0 Å². The molecule has 0 aliphatic rings. The van der Waals surface area contributed by atoms with Gasteiger partial charge in [-0.05, 0) is 50.4 Å². The molecule has 0 radical (unpaired) electrons. The van der Waals surface area contributed by atoms with E-state index in [0.29, 0.717) is 18.8 Å². The Hall–Kier alpha value is -0.743. The molecular formula is C18H34O3Si. The van der Waals surface area contributed by atoms with Gasteiger partial charge in [-0.3, -0.25) is 9.59 Å². The van der Waals surface area contributed by atoms with Crippen LogP contribution in [0.1, 0.15) is 60.3 Å². The van der Waals surface area contributed by atoms with Crippen LogP contribution < -0.4 is 0 Å². The molecule has 0 aromatic heterocycles. The zero-order valence-corrected chi connectivity index (χ0v) is 16.5. The molecule has 128 valence electrons. The summed E-state index contributed by atoms with van der Waals surface area (Å²) >= 11 is 0. The lowest BCUT2D eigenvalue weighted by atomic mass is 9.98. The van der Waals surface area contributed by atoms with Crippen LogP contribution in [0.2, 0.25) is 18.1 Å². The van der Waals surface area contributed by atoms with Crippen LogP contribution in [0.25, 0.3) is 0 Å². The normalized spacial score (nSPS) is 14.3. The molecule has 0 amide bonds. The molecule has 22 heavy (non-hydrogen) atoms. The highest BCUT2D eigenvalue weighted by molar-refractivity contribution is 6.74. The average Bonchev–Trinajstić information content (AvgIpc) is 2.35. The topological polar surface area (TPSA) is 43.4 Å². The lowest BCUT2D eigenvalue weighted by Crippen LogP contribution is -2.41. The summed E-state index contributed by atoms with van der Waals surface area (Å²) in [5.41, 5.74) is 0. The highest BCUT2D eigenvalue weighted by Crippen LogP contribution is 2.36. The zero-order chi connectivity index (χ0) is 17.4. The number of Topliss-reactive ketones (excluding diaryl/α,β-unsaturated/α-hetero) is 1. The van der Waals surface area contributed by atoms with E-state index in [9.17, 15) is 9.59 Å². The van der Waals surface area contributed by atoms with Crippen molar-refractivity contribution in [1.29, 1.82) is 0 Å². The summed E-state index contributed by atoms with van der Waals surface area (Å²) in [6, 6.07) is 0. The predicted octanol–water partition coefficient (Wildman–Crippen LogP) is 4.92. The Bertz CT molecular complexity index is 392. The fraction of sp³-hybridized carbons (Fsp3) is 0.778. The molecule has 1 unspecified atom stereocenters. The first-order valence-electron chi connectivity index (χ1n) is 8.31. The zero-order valence-electron chi connectivity index (χ0n) is 15.5. The van der Waals surface area contributed by atoms with E-state index in [-0.39, 0.29) is 16.7 Å². The maximum Gasteiger partial charge on any atom is 0.191 e. The van der Waals surface area contributed by atoms with Crippen molar-refractivity contribution in [1.82, 2.24) is 0 Å². The van der Waals surface area contributed by atoms with Crippen LogP contribution in [0, 0.1) is 5.92 Å². The maximum absolute atomic E-state index is 12.1. The number of hydrogen-bond donors (Lipinski definition) is 0. The first-order chi connectivity index (χ1) is 9.97. The minimum atomic E-state index is -1.71.